The zero-order valence-corrected chi connectivity index (χ0v) is 24.9. The summed E-state index contributed by atoms with van der Waals surface area (Å²) in [6.07, 6.45) is 1.02. The van der Waals surface area contributed by atoms with Crippen LogP contribution in [0.15, 0.2) is 63.8 Å². The Kier molecular flexibility index (Phi) is 45.2. The van der Waals surface area contributed by atoms with Crippen molar-refractivity contribution in [3.8, 4) is 11.1 Å². The normalized spacial score (nSPS) is 7.33. The summed E-state index contributed by atoms with van der Waals surface area (Å²) in [6, 6.07) is 14.7. The molecule has 17 heteroatoms. The second-order valence-corrected chi connectivity index (χ2v) is 4.05. The number of rotatable bonds is 0. The Morgan fingerprint density at radius 3 is 1.43 bits per heavy atom. The van der Waals surface area contributed by atoms with Gasteiger partial charge in [0.25, 0.3) is 0 Å². The number of anilines is 1. The maximum atomic E-state index is 8.00. The number of hydrogen-bond acceptors (Lipinski definition) is 13. The van der Waals surface area contributed by atoms with E-state index in [1.165, 1.54) is 22.3 Å². The second kappa shape index (κ2) is 31.0. The van der Waals surface area contributed by atoms with Crippen molar-refractivity contribution in [2.45, 2.75) is 6.42 Å². The van der Waals surface area contributed by atoms with Gasteiger partial charge in [-0.15, -0.1) is 21.4 Å². The van der Waals surface area contributed by atoms with Crippen LogP contribution in [-0.2, 0) is 6.42 Å². The van der Waals surface area contributed by atoms with E-state index in [-0.39, 0.29) is 118 Å². The van der Waals surface area contributed by atoms with Crippen LogP contribution in [0, 0.1) is 40.5 Å². The number of fused-ring (bicyclic) bond motifs is 3. The van der Waals surface area contributed by atoms with E-state index in [1.54, 1.807) is 0 Å². The van der Waals surface area contributed by atoms with Crippen LogP contribution in [0.4, 0.5) is 5.69 Å². The Hall–Kier alpha value is -0.160. The van der Waals surface area contributed by atoms with Gasteiger partial charge in [0.05, 0.1) is 0 Å². The molecule has 13 nitrogen and oxygen atoms in total. The van der Waals surface area contributed by atoms with Crippen molar-refractivity contribution in [1.82, 2.24) is 0 Å². The summed E-state index contributed by atoms with van der Waals surface area (Å²) in [5.41, 5.74) is 12.1. The smallest absolute Gasteiger partial charge is 0.444 e. The molecule has 140 valence electrons. The van der Waals surface area contributed by atoms with Crippen molar-refractivity contribution < 1.29 is 118 Å². The third kappa shape index (κ3) is 19.8. The van der Waals surface area contributed by atoms with Crippen LogP contribution in [0.5, 0.6) is 0 Å². The van der Waals surface area contributed by atoms with E-state index >= 15 is 0 Å². The predicted molar refractivity (Wildman–Crippen MR) is 95.7 cm³/mol. The molecule has 0 bridgehead atoms. The molecule has 0 aliphatic heterocycles. The fraction of sp³-hybridized carbons (Fsp3) is 0.0769. The average molecular weight is 457 g/mol. The predicted octanol–water partition coefficient (Wildman–Crippen LogP) is -8.14. The summed E-state index contributed by atoms with van der Waals surface area (Å²) in [4.78, 5) is 32.0. The Morgan fingerprint density at radius 1 is 0.633 bits per heavy atom. The van der Waals surface area contributed by atoms with Gasteiger partial charge in [-0.2, -0.15) is 0 Å². The molecule has 2 aromatic carbocycles. The summed E-state index contributed by atoms with van der Waals surface area (Å²) < 4.78 is 0. The number of benzene rings is 2. The molecule has 0 radical (unpaired) electrons. The molecular weight excluding hydrogens is 446 g/mol. The standard InChI is InChI=1S/C13H11N.4HNO2.4Na/c14-11-5-6-13-10(8-11)7-9-3-1-2-4-12(9)13;4*2-1-3;;;;/h1-6,8H,7,14H2;4*(H,2,3);;;;/q;;;;;4*+1/p-4. The van der Waals surface area contributed by atoms with Crippen molar-refractivity contribution in [2.75, 3.05) is 5.73 Å². The van der Waals surface area contributed by atoms with Gasteiger partial charge in [0, 0.05) is 5.69 Å². The molecule has 0 aromatic heterocycles. The van der Waals surface area contributed by atoms with Gasteiger partial charge in [0.2, 0.25) is 0 Å². The molecule has 0 atom stereocenters. The Labute approximate surface area is 259 Å². The van der Waals surface area contributed by atoms with Crippen molar-refractivity contribution in [3.63, 3.8) is 0 Å². The maximum Gasteiger partial charge on any atom is 1.00 e. The van der Waals surface area contributed by atoms with Crippen molar-refractivity contribution in [1.29, 1.82) is 0 Å². The first-order valence-corrected chi connectivity index (χ1v) is 6.27. The van der Waals surface area contributed by atoms with Crippen LogP contribution in [0.3, 0.4) is 0 Å². The second-order valence-electron chi connectivity index (χ2n) is 4.05. The molecule has 0 amide bonds. The fourth-order valence-electron chi connectivity index (χ4n) is 2.17. The van der Waals surface area contributed by atoms with Gasteiger partial charge >= 0.3 is 118 Å². The zero-order valence-electron chi connectivity index (χ0n) is 16.9. The minimum absolute atomic E-state index is 0. The molecule has 3 rings (SSSR count). The molecule has 30 heavy (non-hydrogen) atoms. The molecule has 1 aliphatic carbocycles. The largest absolute Gasteiger partial charge is 1.00 e. The van der Waals surface area contributed by atoms with E-state index in [0.29, 0.717) is 0 Å². The third-order valence-electron chi connectivity index (χ3n) is 2.82. The molecule has 1 aliphatic rings. The number of nitrogens with two attached hydrogens (primary N) is 1. The van der Waals surface area contributed by atoms with E-state index in [9.17, 15) is 0 Å². The van der Waals surface area contributed by atoms with Gasteiger partial charge in [-0.25, -0.2) is 0 Å². The topological polar surface area (TPSA) is 236 Å². The van der Waals surface area contributed by atoms with E-state index in [2.05, 4.69) is 36.4 Å². The van der Waals surface area contributed by atoms with Crippen molar-refractivity contribution in [3.05, 3.63) is 94.0 Å². The van der Waals surface area contributed by atoms with Gasteiger partial charge in [-0.05, 0) is 40.8 Å². The first kappa shape index (κ1) is 43.7. The van der Waals surface area contributed by atoms with Gasteiger partial charge < -0.3 is 46.2 Å². The molecule has 0 heterocycles. The van der Waals surface area contributed by atoms with Crippen LogP contribution in [-0.4, -0.2) is 0 Å². The van der Waals surface area contributed by atoms with E-state index in [4.69, 9.17) is 46.2 Å². The Balaban J connectivity index is -0.0000000778. The third-order valence-corrected chi connectivity index (χ3v) is 2.82. The SMILES string of the molecule is Nc1ccc2c(c1)Cc1ccccc1-2.O=N[O-].O=N[O-].O=N[O-].O=N[O-].[Na+].[Na+].[Na+].[Na+]. The molecular formula is C13H11N5Na4O8. The fourth-order valence-corrected chi connectivity index (χ4v) is 2.17. The van der Waals surface area contributed by atoms with Crippen molar-refractivity contribution >= 4 is 5.69 Å². The molecule has 0 fully saturated rings. The first-order chi connectivity index (χ1) is 12.5. The summed E-state index contributed by atoms with van der Waals surface area (Å²) in [7, 11) is 0. The quantitative estimate of drug-likeness (QED) is 0.146. The maximum absolute atomic E-state index is 8.00. The minimum Gasteiger partial charge on any atom is -0.444 e. The molecule has 0 spiro atoms. The Morgan fingerprint density at radius 2 is 1.00 bits per heavy atom. The van der Waals surface area contributed by atoms with Crippen LogP contribution in [0.1, 0.15) is 11.1 Å². The van der Waals surface area contributed by atoms with E-state index in [0.717, 1.165) is 33.5 Å². The van der Waals surface area contributed by atoms with Gasteiger partial charge in [0.15, 0.2) is 0 Å². The van der Waals surface area contributed by atoms with E-state index in [1.807, 2.05) is 6.07 Å². The summed E-state index contributed by atoms with van der Waals surface area (Å²) in [5, 5.41) is 36.0. The average Bonchev–Trinajstić information content (AvgIpc) is 2.95. The molecule has 2 aromatic rings. The molecule has 0 unspecified atom stereocenters. The number of hydrogen-bond donors (Lipinski definition) is 1. The number of nitrogens with zero attached hydrogens (tertiary/aromatic N) is 4. The van der Waals surface area contributed by atoms with Gasteiger partial charge in [-0.1, -0.05) is 30.3 Å². The van der Waals surface area contributed by atoms with Crippen molar-refractivity contribution in [2.24, 2.45) is 21.4 Å². The van der Waals surface area contributed by atoms with E-state index < -0.39 is 0 Å². The van der Waals surface area contributed by atoms with Crippen LogP contribution >= 0.6 is 0 Å². The van der Waals surface area contributed by atoms with Crippen LogP contribution in [0.25, 0.3) is 11.1 Å². The van der Waals surface area contributed by atoms with Gasteiger partial charge in [0.1, 0.15) is 0 Å². The number of nitrogen functional groups attached to an aromatic ring is 1. The minimum atomic E-state index is 0. The van der Waals surface area contributed by atoms with Crippen LogP contribution in [0.2, 0.25) is 0 Å². The summed E-state index contributed by atoms with van der Waals surface area (Å²) in [5.74, 6) is 0. The molecule has 0 saturated carbocycles. The monoisotopic (exact) mass is 457 g/mol. The van der Waals surface area contributed by atoms with Crippen LogP contribution < -0.4 is 124 Å². The summed E-state index contributed by atoms with van der Waals surface area (Å²) in [6.45, 7) is 0. The zero-order chi connectivity index (χ0) is 20.4. The first-order valence-electron chi connectivity index (χ1n) is 6.27. The molecule has 2 N–H and O–H groups in total. The molecule has 0 saturated heterocycles. The Bertz CT molecular complexity index is 691. The van der Waals surface area contributed by atoms with Gasteiger partial charge in [-0.3, -0.25) is 0 Å². The summed E-state index contributed by atoms with van der Waals surface area (Å²) >= 11 is 0.